The highest BCUT2D eigenvalue weighted by Crippen LogP contribution is 2.26. The molecule has 2 aliphatic rings. The van der Waals surface area contributed by atoms with Crippen LogP contribution in [0.15, 0.2) is 53.5 Å². The normalized spacial score (nSPS) is 17.6. The zero-order valence-electron chi connectivity index (χ0n) is 17.4. The van der Waals surface area contributed by atoms with E-state index in [0.717, 1.165) is 44.2 Å². The lowest BCUT2D eigenvalue weighted by Crippen LogP contribution is -2.43. The SMILES string of the molecule is CN=C(NCCc1ccc2c(c1)CCO2)NCC(c1ccccc1)N1CCCC1. The van der Waals surface area contributed by atoms with E-state index in [4.69, 9.17) is 4.74 Å². The second-order valence-electron chi connectivity index (χ2n) is 7.84. The van der Waals surface area contributed by atoms with Crippen LogP contribution in [0, 0.1) is 0 Å². The van der Waals surface area contributed by atoms with Gasteiger partial charge in [0.25, 0.3) is 0 Å². The van der Waals surface area contributed by atoms with Gasteiger partial charge in [-0.2, -0.15) is 0 Å². The van der Waals surface area contributed by atoms with Crippen LogP contribution >= 0.6 is 0 Å². The number of aliphatic imine (C=N–C) groups is 1. The summed E-state index contributed by atoms with van der Waals surface area (Å²) in [6.45, 7) is 4.89. The van der Waals surface area contributed by atoms with Crippen molar-refractivity contribution in [3.63, 3.8) is 0 Å². The van der Waals surface area contributed by atoms with Gasteiger partial charge in [0.2, 0.25) is 0 Å². The molecule has 1 saturated heterocycles. The molecule has 5 heteroatoms. The highest BCUT2D eigenvalue weighted by Gasteiger charge is 2.23. The fraction of sp³-hybridized carbons (Fsp3) is 0.458. The smallest absolute Gasteiger partial charge is 0.191 e. The molecule has 2 aliphatic heterocycles. The number of benzene rings is 2. The van der Waals surface area contributed by atoms with Gasteiger partial charge in [0.15, 0.2) is 5.96 Å². The van der Waals surface area contributed by atoms with Gasteiger partial charge in [-0.25, -0.2) is 0 Å². The zero-order valence-corrected chi connectivity index (χ0v) is 17.4. The second kappa shape index (κ2) is 9.79. The van der Waals surface area contributed by atoms with Crippen LogP contribution in [0.25, 0.3) is 0 Å². The predicted octanol–water partition coefficient (Wildman–Crippen LogP) is 3.17. The molecule has 2 heterocycles. The Morgan fingerprint density at radius 3 is 2.72 bits per heavy atom. The molecule has 29 heavy (non-hydrogen) atoms. The van der Waals surface area contributed by atoms with E-state index in [0.29, 0.717) is 6.04 Å². The lowest BCUT2D eigenvalue weighted by molar-refractivity contribution is 0.245. The van der Waals surface area contributed by atoms with E-state index >= 15 is 0 Å². The van der Waals surface area contributed by atoms with Crippen LogP contribution in [0.1, 0.15) is 35.6 Å². The van der Waals surface area contributed by atoms with Crippen molar-refractivity contribution in [2.75, 3.05) is 39.8 Å². The minimum atomic E-state index is 0.383. The monoisotopic (exact) mass is 392 g/mol. The number of likely N-dealkylation sites (tertiary alicyclic amines) is 1. The summed E-state index contributed by atoms with van der Waals surface area (Å²) in [4.78, 5) is 7.01. The first-order chi connectivity index (χ1) is 14.3. The molecule has 154 valence electrons. The first-order valence-corrected chi connectivity index (χ1v) is 10.8. The standard InChI is InChI=1S/C24H32N4O/c1-25-24(26-13-11-19-9-10-23-21(17-19)12-16-29-23)27-18-22(28-14-5-6-15-28)20-7-3-2-4-8-20/h2-4,7-10,17,22H,5-6,11-16,18H2,1H3,(H2,25,26,27). The zero-order chi connectivity index (χ0) is 19.9. The van der Waals surface area contributed by atoms with Gasteiger partial charge in [-0.3, -0.25) is 9.89 Å². The number of hydrogen-bond acceptors (Lipinski definition) is 3. The first-order valence-electron chi connectivity index (χ1n) is 10.8. The molecule has 2 aromatic carbocycles. The summed E-state index contributed by atoms with van der Waals surface area (Å²) in [6, 6.07) is 17.8. The summed E-state index contributed by atoms with van der Waals surface area (Å²) in [5, 5.41) is 7.02. The maximum atomic E-state index is 5.60. The van der Waals surface area contributed by atoms with E-state index in [9.17, 15) is 0 Å². The van der Waals surface area contributed by atoms with E-state index in [1.807, 2.05) is 7.05 Å². The number of hydrogen-bond donors (Lipinski definition) is 2. The molecule has 5 nitrogen and oxygen atoms in total. The van der Waals surface area contributed by atoms with Crippen molar-refractivity contribution in [2.24, 2.45) is 4.99 Å². The van der Waals surface area contributed by atoms with Crippen LogP contribution in [0.2, 0.25) is 0 Å². The lowest BCUT2D eigenvalue weighted by atomic mass is 10.1. The molecule has 0 aliphatic carbocycles. The molecule has 0 amide bonds. The largest absolute Gasteiger partial charge is 0.493 e. The van der Waals surface area contributed by atoms with Crippen LogP contribution in [-0.2, 0) is 12.8 Å². The van der Waals surface area contributed by atoms with Crippen LogP contribution in [-0.4, -0.2) is 50.7 Å². The van der Waals surface area contributed by atoms with E-state index in [-0.39, 0.29) is 0 Å². The number of guanidine groups is 1. The Kier molecular flexibility index (Phi) is 6.67. The third-order valence-electron chi connectivity index (χ3n) is 5.91. The van der Waals surface area contributed by atoms with Crippen molar-refractivity contribution in [3.05, 3.63) is 65.2 Å². The van der Waals surface area contributed by atoms with Gasteiger partial charge in [0, 0.05) is 26.6 Å². The topological polar surface area (TPSA) is 48.9 Å². The van der Waals surface area contributed by atoms with Gasteiger partial charge in [0.1, 0.15) is 5.75 Å². The van der Waals surface area contributed by atoms with E-state index < -0.39 is 0 Å². The Morgan fingerprint density at radius 2 is 1.93 bits per heavy atom. The summed E-state index contributed by atoms with van der Waals surface area (Å²) in [5.74, 6) is 1.92. The van der Waals surface area contributed by atoms with Gasteiger partial charge in [-0.1, -0.05) is 42.5 Å². The number of rotatable bonds is 7. The van der Waals surface area contributed by atoms with E-state index in [1.165, 1.54) is 42.6 Å². The molecule has 2 aromatic rings. The maximum absolute atomic E-state index is 5.60. The number of ether oxygens (including phenoxy) is 1. The summed E-state index contributed by atoms with van der Waals surface area (Å²) in [6.07, 6.45) is 4.59. The van der Waals surface area contributed by atoms with E-state index in [2.05, 4.69) is 69.1 Å². The van der Waals surface area contributed by atoms with Gasteiger partial charge in [-0.15, -0.1) is 0 Å². The fourth-order valence-corrected chi connectivity index (χ4v) is 4.32. The van der Waals surface area contributed by atoms with Crippen molar-refractivity contribution in [2.45, 2.75) is 31.7 Å². The molecule has 0 spiro atoms. The number of fused-ring (bicyclic) bond motifs is 1. The molecular formula is C24H32N4O. The minimum absolute atomic E-state index is 0.383. The molecule has 1 unspecified atom stereocenters. The average Bonchev–Trinajstić information content (AvgIpc) is 3.45. The molecule has 0 aromatic heterocycles. The third-order valence-corrected chi connectivity index (χ3v) is 5.91. The summed E-state index contributed by atoms with van der Waals surface area (Å²) >= 11 is 0. The Hall–Kier alpha value is -2.53. The third kappa shape index (κ3) is 5.10. The summed E-state index contributed by atoms with van der Waals surface area (Å²) in [5.41, 5.74) is 4.05. The van der Waals surface area contributed by atoms with Crippen molar-refractivity contribution in [1.82, 2.24) is 15.5 Å². The molecule has 4 rings (SSSR count). The van der Waals surface area contributed by atoms with Crippen LogP contribution in [0.4, 0.5) is 0 Å². The van der Waals surface area contributed by atoms with Crippen molar-refractivity contribution < 1.29 is 4.74 Å². The molecule has 1 fully saturated rings. The second-order valence-corrected chi connectivity index (χ2v) is 7.84. The first kappa shape index (κ1) is 19.8. The van der Waals surface area contributed by atoms with Crippen molar-refractivity contribution in [1.29, 1.82) is 0 Å². The minimum Gasteiger partial charge on any atom is -0.493 e. The number of nitrogens with one attached hydrogen (secondary N) is 2. The van der Waals surface area contributed by atoms with Gasteiger partial charge in [-0.05, 0) is 55.1 Å². The van der Waals surface area contributed by atoms with E-state index in [1.54, 1.807) is 0 Å². The Labute approximate surface area is 174 Å². The van der Waals surface area contributed by atoms with Gasteiger partial charge in [0.05, 0.1) is 12.6 Å². The van der Waals surface area contributed by atoms with Crippen molar-refractivity contribution in [3.8, 4) is 5.75 Å². The fourth-order valence-electron chi connectivity index (χ4n) is 4.32. The predicted molar refractivity (Wildman–Crippen MR) is 119 cm³/mol. The average molecular weight is 393 g/mol. The van der Waals surface area contributed by atoms with Crippen LogP contribution in [0.5, 0.6) is 5.75 Å². The molecular weight excluding hydrogens is 360 g/mol. The highest BCUT2D eigenvalue weighted by atomic mass is 16.5. The van der Waals surface area contributed by atoms with Gasteiger partial charge >= 0.3 is 0 Å². The maximum Gasteiger partial charge on any atom is 0.191 e. The van der Waals surface area contributed by atoms with Crippen molar-refractivity contribution >= 4 is 5.96 Å². The van der Waals surface area contributed by atoms with Crippen LogP contribution < -0.4 is 15.4 Å². The summed E-state index contributed by atoms with van der Waals surface area (Å²) < 4.78 is 5.60. The van der Waals surface area contributed by atoms with Crippen LogP contribution in [0.3, 0.4) is 0 Å². The molecule has 2 N–H and O–H groups in total. The molecule has 1 atom stereocenters. The highest BCUT2D eigenvalue weighted by molar-refractivity contribution is 5.79. The molecule has 0 radical (unpaired) electrons. The molecule has 0 saturated carbocycles. The quantitative estimate of drug-likeness (QED) is 0.561. The Bertz CT molecular complexity index is 815. The number of nitrogens with zero attached hydrogens (tertiary/aromatic N) is 2. The lowest BCUT2D eigenvalue weighted by Gasteiger charge is -2.29. The van der Waals surface area contributed by atoms with Gasteiger partial charge < -0.3 is 15.4 Å². The summed E-state index contributed by atoms with van der Waals surface area (Å²) in [7, 11) is 1.84. The molecule has 0 bridgehead atoms. The Balaban J connectivity index is 1.30. The Morgan fingerprint density at radius 1 is 1.10 bits per heavy atom.